The number of hydrogen-bond donors (Lipinski definition) is 2. The summed E-state index contributed by atoms with van der Waals surface area (Å²) in [6.07, 6.45) is 0. The minimum Gasteiger partial charge on any atom is -0.293 e. The number of amides is 1. The third-order valence-corrected chi connectivity index (χ3v) is 2.73. The third kappa shape index (κ3) is 3.13. The molecule has 1 amide bonds. The Morgan fingerprint density at radius 1 is 0.952 bits per heavy atom. The minimum absolute atomic E-state index is 0.0810. The van der Waals surface area contributed by atoms with Crippen LogP contribution in [0.3, 0.4) is 0 Å². The summed E-state index contributed by atoms with van der Waals surface area (Å²) < 4.78 is 52.7. The lowest BCUT2D eigenvalue weighted by Crippen LogP contribution is -2.30. The predicted octanol–water partition coefficient (Wildman–Crippen LogP) is 3.31. The molecule has 2 rings (SSSR count). The molecule has 110 valence electrons. The second kappa shape index (κ2) is 5.82. The number of anilines is 1. The quantitative estimate of drug-likeness (QED) is 0.518. The van der Waals surface area contributed by atoms with E-state index in [9.17, 15) is 22.4 Å². The van der Waals surface area contributed by atoms with Crippen molar-refractivity contribution in [3.05, 3.63) is 64.7 Å². The molecule has 2 aromatic rings. The zero-order valence-corrected chi connectivity index (χ0v) is 10.8. The lowest BCUT2D eigenvalue weighted by atomic mass is 10.1. The molecule has 0 spiro atoms. The number of halogens is 4. The van der Waals surface area contributed by atoms with E-state index in [1.54, 1.807) is 12.1 Å². The van der Waals surface area contributed by atoms with Gasteiger partial charge < -0.3 is 0 Å². The molecule has 0 saturated heterocycles. The Balaban J connectivity index is 2.17. The first-order valence-corrected chi connectivity index (χ1v) is 5.86. The highest BCUT2D eigenvalue weighted by molar-refractivity contribution is 5.94. The Morgan fingerprint density at radius 3 is 2.00 bits per heavy atom. The van der Waals surface area contributed by atoms with Crippen molar-refractivity contribution in [2.45, 2.75) is 6.92 Å². The van der Waals surface area contributed by atoms with Crippen molar-refractivity contribution in [2.75, 3.05) is 5.43 Å². The number of aryl methyl sites for hydroxylation is 1. The van der Waals surface area contributed by atoms with Gasteiger partial charge in [-0.15, -0.1) is 0 Å². The number of rotatable bonds is 3. The van der Waals surface area contributed by atoms with Crippen LogP contribution < -0.4 is 10.9 Å². The number of hydrazine groups is 1. The van der Waals surface area contributed by atoms with Crippen LogP contribution in [0.4, 0.5) is 23.2 Å². The van der Waals surface area contributed by atoms with Gasteiger partial charge in [-0.2, -0.15) is 0 Å². The average molecular weight is 298 g/mol. The van der Waals surface area contributed by atoms with Crippen molar-refractivity contribution in [3.63, 3.8) is 0 Å². The van der Waals surface area contributed by atoms with Crippen LogP contribution >= 0.6 is 0 Å². The van der Waals surface area contributed by atoms with Gasteiger partial charge in [0.2, 0.25) is 0 Å². The summed E-state index contributed by atoms with van der Waals surface area (Å²) in [5, 5.41) is 0. The highest BCUT2D eigenvalue weighted by atomic mass is 19.2. The van der Waals surface area contributed by atoms with Crippen molar-refractivity contribution in [2.24, 2.45) is 0 Å². The normalized spacial score (nSPS) is 10.3. The molecule has 0 aromatic heterocycles. The fourth-order valence-corrected chi connectivity index (χ4v) is 1.58. The summed E-state index contributed by atoms with van der Waals surface area (Å²) in [5.74, 6) is -7.10. The molecule has 0 bridgehead atoms. The number of carbonyl (C=O) groups excluding carboxylic acids is 1. The van der Waals surface area contributed by atoms with Gasteiger partial charge in [0.25, 0.3) is 5.91 Å². The zero-order chi connectivity index (χ0) is 15.6. The van der Waals surface area contributed by atoms with Crippen molar-refractivity contribution in [1.82, 2.24) is 5.43 Å². The van der Waals surface area contributed by atoms with E-state index in [1.165, 1.54) is 12.1 Å². The van der Waals surface area contributed by atoms with Crippen LogP contribution in [-0.4, -0.2) is 5.91 Å². The van der Waals surface area contributed by atoms with E-state index in [-0.39, 0.29) is 11.6 Å². The standard InChI is InChI=1S/C14H10F4N2O/c1-7-2-4-8(5-3-7)14(21)20-19-13-11(17)9(15)6-10(16)12(13)18/h2-6,19H,1H3,(H,20,21). The van der Waals surface area contributed by atoms with Crippen molar-refractivity contribution < 1.29 is 22.4 Å². The fraction of sp³-hybridized carbons (Fsp3) is 0.0714. The van der Waals surface area contributed by atoms with E-state index in [4.69, 9.17) is 0 Å². The van der Waals surface area contributed by atoms with Gasteiger partial charge in [-0.3, -0.25) is 15.6 Å². The SMILES string of the molecule is Cc1ccc(C(=O)NNc2c(F)c(F)cc(F)c2F)cc1. The average Bonchev–Trinajstić information content (AvgIpc) is 2.45. The van der Waals surface area contributed by atoms with Gasteiger partial charge in [-0.25, -0.2) is 17.6 Å². The second-order valence-electron chi connectivity index (χ2n) is 4.29. The first-order chi connectivity index (χ1) is 9.90. The topological polar surface area (TPSA) is 41.1 Å². The predicted molar refractivity (Wildman–Crippen MR) is 68.5 cm³/mol. The summed E-state index contributed by atoms with van der Waals surface area (Å²) in [7, 11) is 0. The first-order valence-electron chi connectivity index (χ1n) is 5.86. The lowest BCUT2D eigenvalue weighted by molar-refractivity contribution is 0.0962. The molecule has 0 unspecified atom stereocenters. The van der Waals surface area contributed by atoms with Crippen molar-refractivity contribution in [3.8, 4) is 0 Å². The molecule has 0 aliphatic rings. The molecule has 2 aromatic carbocycles. The molecular weight excluding hydrogens is 288 g/mol. The number of carbonyl (C=O) groups is 1. The summed E-state index contributed by atoms with van der Waals surface area (Å²) in [5.41, 5.74) is 3.84. The Kier molecular flexibility index (Phi) is 4.11. The van der Waals surface area contributed by atoms with Gasteiger partial charge in [0.05, 0.1) is 0 Å². The summed E-state index contributed by atoms with van der Waals surface area (Å²) in [6, 6.07) is 6.39. The molecule has 3 nitrogen and oxygen atoms in total. The van der Waals surface area contributed by atoms with Gasteiger partial charge in [-0.1, -0.05) is 17.7 Å². The molecule has 0 aliphatic carbocycles. The first kappa shape index (κ1) is 14.8. The van der Waals surface area contributed by atoms with Crippen molar-refractivity contribution >= 4 is 11.6 Å². The Bertz CT molecular complexity index is 660. The minimum atomic E-state index is -1.63. The second-order valence-corrected chi connectivity index (χ2v) is 4.29. The molecule has 7 heteroatoms. The summed E-state index contributed by atoms with van der Waals surface area (Å²) in [4.78, 5) is 11.7. The molecule has 2 N–H and O–H groups in total. The van der Waals surface area contributed by atoms with E-state index in [1.807, 2.05) is 17.8 Å². The van der Waals surface area contributed by atoms with E-state index < -0.39 is 34.9 Å². The van der Waals surface area contributed by atoms with Crippen LogP contribution in [0.15, 0.2) is 30.3 Å². The van der Waals surface area contributed by atoms with Gasteiger partial charge in [-0.05, 0) is 19.1 Å². The zero-order valence-electron chi connectivity index (χ0n) is 10.8. The van der Waals surface area contributed by atoms with Gasteiger partial charge in [0.15, 0.2) is 23.3 Å². The fourth-order valence-electron chi connectivity index (χ4n) is 1.58. The van der Waals surface area contributed by atoms with Crippen LogP contribution in [0.25, 0.3) is 0 Å². The molecule has 0 fully saturated rings. The molecule has 0 atom stereocenters. The number of nitrogens with one attached hydrogen (secondary N) is 2. The molecule has 21 heavy (non-hydrogen) atoms. The summed E-state index contributed by atoms with van der Waals surface area (Å²) >= 11 is 0. The maximum Gasteiger partial charge on any atom is 0.269 e. The van der Waals surface area contributed by atoms with E-state index in [0.717, 1.165) is 5.56 Å². The summed E-state index contributed by atoms with van der Waals surface area (Å²) in [6.45, 7) is 1.82. The van der Waals surface area contributed by atoms with Crippen molar-refractivity contribution in [1.29, 1.82) is 0 Å². The lowest BCUT2D eigenvalue weighted by Gasteiger charge is -2.11. The van der Waals surface area contributed by atoms with Crippen LogP contribution in [0, 0.1) is 30.2 Å². The largest absolute Gasteiger partial charge is 0.293 e. The van der Waals surface area contributed by atoms with Gasteiger partial charge in [0.1, 0.15) is 5.69 Å². The smallest absolute Gasteiger partial charge is 0.269 e. The highest BCUT2D eigenvalue weighted by Crippen LogP contribution is 2.23. The Hall–Kier alpha value is -2.57. The van der Waals surface area contributed by atoms with Crippen LogP contribution in [0.2, 0.25) is 0 Å². The van der Waals surface area contributed by atoms with Crippen LogP contribution in [0.1, 0.15) is 15.9 Å². The van der Waals surface area contributed by atoms with Crippen LogP contribution in [0.5, 0.6) is 0 Å². The van der Waals surface area contributed by atoms with E-state index in [2.05, 4.69) is 0 Å². The van der Waals surface area contributed by atoms with Gasteiger partial charge >= 0.3 is 0 Å². The van der Waals surface area contributed by atoms with E-state index in [0.29, 0.717) is 0 Å². The highest BCUT2D eigenvalue weighted by Gasteiger charge is 2.19. The maximum absolute atomic E-state index is 13.4. The molecule has 0 aliphatic heterocycles. The number of hydrogen-bond acceptors (Lipinski definition) is 2. The van der Waals surface area contributed by atoms with Crippen LogP contribution in [-0.2, 0) is 0 Å². The third-order valence-electron chi connectivity index (χ3n) is 2.73. The number of benzene rings is 2. The molecule has 0 saturated carbocycles. The molecule has 0 heterocycles. The molecule has 0 radical (unpaired) electrons. The Labute approximate surface area is 117 Å². The van der Waals surface area contributed by atoms with E-state index >= 15 is 0 Å². The monoisotopic (exact) mass is 298 g/mol. The Morgan fingerprint density at radius 2 is 1.48 bits per heavy atom. The molecular formula is C14H10F4N2O. The van der Waals surface area contributed by atoms with Gasteiger partial charge in [0, 0.05) is 11.6 Å². The maximum atomic E-state index is 13.4.